The molecule has 1 unspecified atom stereocenters. The molecule has 5 rings (SSSR count). The minimum atomic E-state index is -0.0435. The monoisotopic (exact) mass is 350 g/mol. The molecule has 1 fully saturated rings. The van der Waals surface area contributed by atoms with E-state index in [4.69, 9.17) is 0 Å². The highest BCUT2D eigenvalue weighted by Crippen LogP contribution is 2.35. The number of rotatable bonds is 3. The lowest BCUT2D eigenvalue weighted by Crippen LogP contribution is -2.45. The first kappa shape index (κ1) is 15.5. The van der Waals surface area contributed by atoms with Crippen molar-refractivity contribution in [1.29, 1.82) is 0 Å². The maximum absolute atomic E-state index is 13.5. The van der Waals surface area contributed by atoms with Gasteiger partial charge in [0, 0.05) is 59.5 Å². The highest BCUT2D eigenvalue weighted by atomic mass is 16.2. The Morgan fingerprint density at radius 1 is 1.15 bits per heavy atom. The summed E-state index contributed by atoms with van der Waals surface area (Å²) < 4.78 is 2.04. The summed E-state index contributed by atoms with van der Waals surface area (Å²) in [7, 11) is 2.00. The number of carbonyl (C=O) groups excluding carboxylic acids is 1. The fraction of sp³-hybridized carbons (Fsp3) is 0.400. The van der Waals surface area contributed by atoms with Crippen LogP contribution in [0.25, 0.3) is 10.9 Å². The van der Waals surface area contributed by atoms with E-state index in [0.29, 0.717) is 12.5 Å². The molecule has 0 bridgehead atoms. The number of carbonyl (C=O) groups is 1. The summed E-state index contributed by atoms with van der Waals surface area (Å²) in [5, 5.41) is 6.66. The molecule has 2 aromatic heterocycles. The summed E-state index contributed by atoms with van der Waals surface area (Å²) in [6.07, 6.45) is 6.46. The number of hydrogen-bond donors (Lipinski definition) is 2. The van der Waals surface area contributed by atoms with Gasteiger partial charge >= 0.3 is 0 Å². The largest absolute Gasteiger partial charge is 0.351 e. The fourth-order valence-corrected chi connectivity index (χ4v) is 4.35. The Morgan fingerprint density at radius 3 is 2.81 bits per heavy atom. The minimum Gasteiger partial charge on any atom is -0.351 e. The van der Waals surface area contributed by atoms with Gasteiger partial charge in [0.2, 0.25) is 0 Å². The lowest BCUT2D eigenvalue weighted by molar-refractivity contribution is 0.0644. The zero-order valence-corrected chi connectivity index (χ0v) is 14.8. The summed E-state index contributed by atoms with van der Waals surface area (Å²) in [6, 6.07) is 8.35. The maximum Gasteiger partial charge on any atom is 0.267 e. The van der Waals surface area contributed by atoms with Crippen LogP contribution in [0.5, 0.6) is 0 Å². The molecule has 2 aliphatic rings. The van der Waals surface area contributed by atoms with E-state index in [2.05, 4.69) is 15.1 Å². The first-order valence-electron chi connectivity index (χ1n) is 9.28. The maximum atomic E-state index is 13.5. The zero-order chi connectivity index (χ0) is 17.8. The van der Waals surface area contributed by atoms with Crippen LogP contribution in [0, 0.1) is 0 Å². The summed E-state index contributed by atoms with van der Waals surface area (Å²) in [6.45, 7) is 0. The van der Waals surface area contributed by atoms with Crippen LogP contribution < -0.4 is 5.56 Å². The molecule has 0 aliphatic heterocycles. The van der Waals surface area contributed by atoms with Crippen molar-refractivity contribution in [1.82, 2.24) is 19.7 Å². The number of hydrogen-bond acceptors (Lipinski definition) is 2. The first-order chi connectivity index (χ1) is 12.6. The van der Waals surface area contributed by atoms with Crippen molar-refractivity contribution in [3.63, 3.8) is 0 Å². The van der Waals surface area contributed by atoms with Gasteiger partial charge in [-0.05, 0) is 43.9 Å². The molecule has 3 aromatic rings. The van der Waals surface area contributed by atoms with Crippen LogP contribution in [-0.2, 0) is 19.9 Å². The topological polar surface area (TPSA) is 73.9 Å². The number of aromatic amines is 2. The third kappa shape index (κ3) is 2.32. The van der Waals surface area contributed by atoms with Gasteiger partial charge < -0.3 is 14.6 Å². The molecule has 2 heterocycles. The zero-order valence-electron chi connectivity index (χ0n) is 14.8. The van der Waals surface area contributed by atoms with Gasteiger partial charge in [0.25, 0.3) is 11.5 Å². The second-order valence-corrected chi connectivity index (χ2v) is 7.54. The number of H-pyrrole nitrogens is 2. The van der Waals surface area contributed by atoms with Gasteiger partial charge in [0.05, 0.1) is 0 Å². The Morgan fingerprint density at radius 2 is 2.00 bits per heavy atom. The van der Waals surface area contributed by atoms with Crippen molar-refractivity contribution >= 4 is 16.8 Å². The fourth-order valence-electron chi connectivity index (χ4n) is 4.35. The van der Waals surface area contributed by atoms with Crippen LogP contribution in [0.2, 0.25) is 0 Å². The first-order valence-corrected chi connectivity index (χ1v) is 9.28. The van der Waals surface area contributed by atoms with E-state index in [0.717, 1.165) is 53.4 Å². The Balaban J connectivity index is 1.52. The summed E-state index contributed by atoms with van der Waals surface area (Å²) in [5.41, 5.74) is 3.61. The smallest absolute Gasteiger partial charge is 0.267 e. The molecule has 0 spiro atoms. The molecule has 0 saturated heterocycles. The van der Waals surface area contributed by atoms with Crippen LogP contribution in [0.4, 0.5) is 0 Å². The molecular weight excluding hydrogens is 328 g/mol. The van der Waals surface area contributed by atoms with Gasteiger partial charge in [0.15, 0.2) is 0 Å². The van der Waals surface area contributed by atoms with Crippen molar-refractivity contribution in [2.45, 2.75) is 44.2 Å². The third-order valence-corrected chi connectivity index (χ3v) is 5.86. The molecule has 6 heteroatoms. The number of amides is 1. The summed E-state index contributed by atoms with van der Waals surface area (Å²) >= 11 is 0. The standard InChI is InChI=1S/C20H22N4O2/c1-23-10-9-14-15(3-2-4-18(14)23)20(26)24(12-5-6-12)13-7-8-17-16(11-13)19(25)22-21-17/h2-4,9-10,12-13H,5-8,11H2,1H3,(H2,21,22,25). The van der Waals surface area contributed by atoms with Gasteiger partial charge in [-0.2, -0.15) is 0 Å². The average Bonchev–Trinajstić information content (AvgIpc) is 3.32. The summed E-state index contributed by atoms with van der Waals surface area (Å²) in [5.74, 6) is 0.102. The second-order valence-electron chi connectivity index (χ2n) is 7.54. The molecule has 0 radical (unpaired) electrons. The van der Waals surface area contributed by atoms with Gasteiger partial charge in [-0.3, -0.25) is 14.7 Å². The predicted molar refractivity (Wildman–Crippen MR) is 99.3 cm³/mol. The normalized spacial score (nSPS) is 19.5. The van der Waals surface area contributed by atoms with Crippen molar-refractivity contribution < 1.29 is 4.79 Å². The van der Waals surface area contributed by atoms with E-state index in [1.807, 2.05) is 42.1 Å². The van der Waals surface area contributed by atoms with E-state index in [1.54, 1.807) is 0 Å². The van der Waals surface area contributed by atoms with E-state index in [1.165, 1.54) is 0 Å². The van der Waals surface area contributed by atoms with Gasteiger partial charge in [-0.25, -0.2) is 0 Å². The molecule has 134 valence electrons. The third-order valence-electron chi connectivity index (χ3n) is 5.86. The molecule has 26 heavy (non-hydrogen) atoms. The van der Waals surface area contributed by atoms with Gasteiger partial charge in [-0.1, -0.05) is 6.07 Å². The lowest BCUT2D eigenvalue weighted by Gasteiger charge is -2.34. The minimum absolute atomic E-state index is 0.0435. The number of nitrogens with zero attached hydrogens (tertiary/aromatic N) is 2. The number of nitrogens with one attached hydrogen (secondary N) is 2. The Labute approximate surface area is 150 Å². The van der Waals surface area contributed by atoms with E-state index < -0.39 is 0 Å². The lowest BCUT2D eigenvalue weighted by atomic mass is 9.91. The van der Waals surface area contributed by atoms with Crippen molar-refractivity contribution in [3.8, 4) is 0 Å². The SMILES string of the molecule is Cn1ccc2c(C(=O)N(C3CC3)C3CCc4[nH][nH]c(=O)c4C3)cccc21. The number of aromatic nitrogens is 3. The van der Waals surface area contributed by atoms with Crippen LogP contribution in [0.15, 0.2) is 35.3 Å². The van der Waals surface area contributed by atoms with Crippen LogP contribution in [-0.4, -0.2) is 37.7 Å². The van der Waals surface area contributed by atoms with Gasteiger partial charge in [0.1, 0.15) is 0 Å². The van der Waals surface area contributed by atoms with Gasteiger partial charge in [-0.15, -0.1) is 0 Å². The number of benzene rings is 1. The molecule has 1 amide bonds. The number of aryl methyl sites for hydroxylation is 2. The van der Waals surface area contributed by atoms with Crippen LogP contribution >= 0.6 is 0 Å². The molecular formula is C20H22N4O2. The molecule has 1 saturated carbocycles. The molecule has 2 aliphatic carbocycles. The van der Waals surface area contributed by atoms with E-state index in [9.17, 15) is 9.59 Å². The molecule has 2 N–H and O–H groups in total. The van der Waals surface area contributed by atoms with E-state index in [-0.39, 0.29) is 17.5 Å². The van der Waals surface area contributed by atoms with Crippen molar-refractivity contribution in [2.24, 2.45) is 7.05 Å². The highest BCUT2D eigenvalue weighted by Gasteiger charge is 2.40. The quantitative estimate of drug-likeness (QED) is 0.761. The van der Waals surface area contributed by atoms with Crippen molar-refractivity contribution in [3.05, 3.63) is 57.6 Å². The van der Waals surface area contributed by atoms with Crippen LogP contribution in [0.3, 0.4) is 0 Å². The average molecular weight is 350 g/mol. The Hall–Kier alpha value is -2.76. The predicted octanol–water partition coefficient (Wildman–Crippen LogP) is 2.36. The Kier molecular flexibility index (Phi) is 3.35. The molecule has 1 atom stereocenters. The highest BCUT2D eigenvalue weighted by molar-refractivity contribution is 6.06. The second kappa shape index (κ2) is 5.62. The van der Waals surface area contributed by atoms with Crippen LogP contribution in [0.1, 0.15) is 40.9 Å². The Bertz CT molecular complexity index is 1050. The molecule has 1 aromatic carbocycles. The summed E-state index contributed by atoms with van der Waals surface area (Å²) in [4.78, 5) is 27.6. The van der Waals surface area contributed by atoms with Crippen molar-refractivity contribution in [2.75, 3.05) is 0 Å². The molecule has 6 nitrogen and oxygen atoms in total. The number of fused-ring (bicyclic) bond motifs is 2. The van der Waals surface area contributed by atoms with E-state index >= 15 is 0 Å².